The first kappa shape index (κ1) is 16.2. The van der Waals surface area contributed by atoms with Crippen LogP contribution < -0.4 is 0 Å². The number of hydrogen-bond donors (Lipinski definition) is 1. The molecule has 2 nitrogen and oxygen atoms in total. The molecule has 0 aliphatic rings. The third kappa shape index (κ3) is 5.75. The van der Waals surface area contributed by atoms with E-state index in [1.165, 1.54) is 38.5 Å². The summed E-state index contributed by atoms with van der Waals surface area (Å²) in [6, 6.07) is 9.97. The summed E-state index contributed by atoms with van der Waals surface area (Å²) in [5.74, 6) is 0. The SMILES string of the molecule is CCCCCCCCCC(C)(OO)c1ccccc1. The van der Waals surface area contributed by atoms with Crippen molar-refractivity contribution in [2.75, 3.05) is 0 Å². The van der Waals surface area contributed by atoms with Crippen molar-refractivity contribution in [2.24, 2.45) is 0 Å². The van der Waals surface area contributed by atoms with E-state index >= 15 is 0 Å². The average Bonchev–Trinajstić information content (AvgIpc) is 2.47. The van der Waals surface area contributed by atoms with Crippen LogP contribution in [-0.2, 0) is 10.5 Å². The Kier molecular flexibility index (Phi) is 7.76. The highest BCUT2D eigenvalue weighted by molar-refractivity contribution is 5.21. The summed E-state index contributed by atoms with van der Waals surface area (Å²) in [5, 5.41) is 9.21. The largest absolute Gasteiger partial charge is 0.251 e. The Bertz CT molecular complexity index is 323. The van der Waals surface area contributed by atoms with Crippen molar-refractivity contribution in [1.82, 2.24) is 0 Å². The first-order valence-corrected chi connectivity index (χ1v) is 7.61. The molecule has 0 saturated carbocycles. The van der Waals surface area contributed by atoms with Gasteiger partial charge in [-0.1, -0.05) is 82.2 Å². The van der Waals surface area contributed by atoms with Crippen molar-refractivity contribution in [3.8, 4) is 0 Å². The lowest BCUT2D eigenvalue weighted by molar-refractivity contribution is -0.326. The second-order valence-electron chi connectivity index (χ2n) is 5.56. The summed E-state index contributed by atoms with van der Waals surface area (Å²) in [4.78, 5) is 4.77. The van der Waals surface area contributed by atoms with E-state index in [-0.39, 0.29) is 0 Å². The van der Waals surface area contributed by atoms with Gasteiger partial charge in [-0.3, -0.25) is 5.26 Å². The highest BCUT2D eigenvalue weighted by atomic mass is 17.1. The fourth-order valence-corrected chi connectivity index (χ4v) is 2.45. The number of hydrogen-bond acceptors (Lipinski definition) is 2. The quantitative estimate of drug-likeness (QED) is 0.342. The monoisotopic (exact) mass is 264 g/mol. The van der Waals surface area contributed by atoms with Gasteiger partial charge in [0.15, 0.2) is 0 Å². The Labute approximate surface area is 117 Å². The van der Waals surface area contributed by atoms with Crippen LogP contribution in [0.2, 0.25) is 0 Å². The molecule has 0 radical (unpaired) electrons. The highest BCUT2D eigenvalue weighted by Crippen LogP contribution is 2.30. The minimum atomic E-state index is -0.565. The van der Waals surface area contributed by atoms with Crippen LogP contribution in [0, 0.1) is 0 Å². The summed E-state index contributed by atoms with van der Waals surface area (Å²) in [6.45, 7) is 4.20. The number of benzene rings is 1. The minimum Gasteiger partial charge on any atom is -0.251 e. The molecule has 1 N–H and O–H groups in total. The van der Waals surface area contributed by atoms with Crippen LogP contribution >= 0.6 is 0 Å². The zero-order valence-electron chi connectivity index (χ0n) is 12.4. The first-order valence-electron chi connectivity index (χ1n) is 7.61. The molecule has 0 aliphatic heterocycles. The lowest BCUT2D eigenvalue weighted by Gasteiger charge is -2.26. The maximum atomic E-state index is 9.21. The van der Waals surface area contributed by atoms with Crippen molar-refractivity contribution < 1.29 is 10.1 Å². The smallest absolute Gasteiger partial charge is 0.125 e. The molecule has 0 spiro atoms. The van der Waals surface area contributed by atoms with Gasteiger partial charge >= 0.3 is 0 Å². The molecule has 1 atom stereocenters. The Hall–Kier alpha value is -0.860. The van der Waals surface area contributed by atoms with Crippen LogP contribution in [-0.4, -0.2) is 5.26 Å². The molecule has 0 heterocycles. The minimum absolute atomic E-state index is 0.565. The molecule has 0 aromatic heterocycles. The van der Waals surface area contributed by atoms with E-state index in [9.17, 15) is 5.26 Å². The Morgan fingerprint density at radius 2 is 1.53 bits per heavy atom. The van der Waals surface area contributed by atoms with E-state index in [4.69, 9.17) is 4.89 Å². The van der Waals surface area contributed by atoms with Gasteiger partial charge in [0.1, 0.15) is 5.60 Å². The van der Waals surface area contributed by atoms with Crippen LogP contribution in [0.5, 0.6) is 0 Å². The standard InChI is InChI=1S/C17H28O2/c1-3-4-5-6-7-8-12-15-17(2,19-18)16-13-10-9-11-14-16/h9-11,13-14,18H,3-8,12,15H2,1-2H3. The fourth-order valence-electron chi connectivity index (χ4n) is 2.45. The molecule has 19 heavy (non-hydrogen) atoms. The molecule has 2 heteroatoms. The molecule has 0 saturated heterocycles. The van der Waals surface area contributed by atoms with Crippen LogP contribution in [0.25, 0.3) is 0 Å². The number of rotatable bonds is 10. The molecular weight excluding hydrogens is 236 g/mol. The van der Waals surface area contributed by atoms with E-state index in [1.807, 2.05) is 37.3 Å². The molecule has 1 aromatic rings. The third-order valence-corrected chi connectivity index (χ3v) is 3.84. The lowest BCUT2D eigenvalue weighted by atomic mass is 9.90. The van der Waals surface area contributed by atoms with Gasteiger partial charge in [-0.15, -0.1) is 0 Å². The van der Waals surface area contributed by atoms with Gasteiger partial charge in [-0.05, 0) is 18.9 Å². The van der Waals surface area contributed by atoms with Gasteiger partial charge in [0, 0.05) is 0 Å². The maximum Gasteiger partial charge on any atom is 0.125 e. The zero-order valence-corrected chi connectivity index (χ0v) is 12.4. The van der Waals surface area contributed by atoms with Crippen molar-refractivity contribution in [1.29, 1.82) is 0 Å². The predicted molar refractivity (Wildman–Crippen MR) is 80.1 cm³/mol. The average molecular weight is 264 g/mol. The Balaban J connectivity index is 2.29. The fraction of sp³-hybridized carbons (Fsp3) is 0.647. The molecule has 0 aliphatic carbocycles. The van der Waals surface area contributed by atoms with Crippen molar-refractivity contribution >= 4 is 0 Å². The van der Waals surface area contributed by atoms with E-state index in [0.717, 1.165) is 18.4 Å². The highest BCUT2D eigenvalue weighted by Gasteiger charge is 2.27. The summed E-state index contributed by atoms with van der Waals surface area (Å²) < 4.78 is 0. The summed E-state index contributed by atoms with van der Waals surface area (Å²) >= 11 is 0. The van der Waals surface area contributed by atoms with Crippen molar-refractivity contribution in [3.63, 3.8) is 0 Å². The first-order chi connectivity index (χ1) is 9.23. The Morgan fingerprint density at radius 3 is 2.11 bits per heavy atom. The van der Waals surface area contributed by atoms with Crippen LogP contribution in [0.3, 0.4) is 0 Å². The molecule has 0 amide bonds. The Morgan fingerprint density at radius 1 is 0.947 bits per heavy atom. The predicted octanol–water partition coefficient (Wildman–Crippen LogP) is 5.53. The molecular formula is C17H28O2. The van der Waals surface area contributed by atoms with Gasteiger partial charge in [-0.25, -0.2) is 4.89 Å². The normalized spacial score (nSPS) is 14.3. The van der Waals surface area contributed by atoms with E-state index in [0.29, 0.717) is 0 Å². The van der Waals surface area contributed by atoms with Crippen LogP contribution in [0.1, 0.15) is 70.8 Å². The summed E-state index contributed by atoms with van der Waals surface area (Å²) in [6.07, 6.45) is 9.79. The van der Waals surface area contributed by atoms with Crippen LogP contribution in [0.15, 0.2) is 30.3 Å². The topological polar surface area (TPSA) is 29.5 Å². The van der Waals surface area contributed by atoms with E-state index in [2.05, 4.69) is 6.92 Å². The third-order valence-electron chi connectivity index (χ3n) is 3.84. The van der Waals surface area contributed by atoms with E-state index < -0.39 is 5.60 Å². The molecule has 0 bridgehead atoms. The number of unbranched alkanes of at least 4 members (excludes halogenated alkanes) is 6. The lowest BCUT2D eigenvalue weighted by Crippen LogP contribution is -2.24. The van der Waals surface area contributed by atoms with Gasteiger partial charge in [0.2, 0.25) is 0 Å². The summed E-state index contributed by atoms with van der Waals surface area (Å²) in [5.41, 5.74) is 0.480. The van der Waals surface area contributed by atoms with Crippen LogP contribution in [0.4, 0.5) is 0 Å². The maximum absolute atomic E-state index is 9.21. The van der Waals surface area contributed by atoms with Gasteiger partial charge in [-0.2, -0.15) is 0 Å². The molecule has 1 unspecified atom stereocenters. The zero-order chi connectivity index (χ0) is 14.0. The van der Waals surface area contributed by atoms with Gasteiger partial charge in [0.05, 0.1) is 0 Å². The molecule has 108 valence electrons. The van der Waals surface area contributed by atoms with E-state index in [1.54, 1.807) is 0 Å². The second-order valence-corrected chi connectivity index (χ2v) is 5.56. The van der Waals surface area contributed by atoms with Gasteiger partial charge < -0.3 is 0 Å². The van der Waals surface area contributed by atoms with Crippen molar-refractivity contribution in [3.05, 3.63) is 35.9 Å². The second kappa shape index (κ2) is 9.11. The molecule has 0 fully saturated rings. The molecule has 1 rings (SSSR count). The summed E-state index contributed by atoms with van der Waals surface area (Å²) in [7, 11) is 0. The van der Waals surface area contributed by atoms with Gasteiger partial charge in [0.25, 0.3) is 0 Å². The molecule has 1 aromatic carbocycles. The van der Waals surface area contributed by atoms with Crippen molar-refractivity contribution in [2.45, 2.75) is 70.8 Å².